The number of halogens is 1. The van der Waals surface area contributed by atoms with Gasteiger partial charge in [-0.05, 0) is 48.9 Å². The van der Waals surface area contributed by atoms with Crippen LogP contribution < -0.4 is 30.6 Å². The summed E-state index contributed by atoms with van der Waals surface area (Å²) < 4.78 is 17.2. The zero-order chi connectivity index (χ0) is 24.8. The molecule has 2 aromatic rings. The van der Waals surface area contributed by atoms with E-state index in [1.807, 2.05) is 24.3 Å². The molecule has 0 saturated carbocycles. The first kappa shape index (κ1) is 27.1. The van der Waals surface area contributed by atoms with Gasteiger partial charge in [0.2, 0.25) is 5.91 Å². The summed E-state index contributed by atoms with van der Waals surface area (Å²) in [6.07, 6.45) is 0.518. The zero-order valence-corrected chi connectivity index (χ0v) is 20.8. The summed E-state index contributed by atoms with van der Waals surface area (Å²) in [6.45, 7) is 1.22. The van der Waals surface area contributed by atoms with Crippen LogP contribution in [-0.2, 0) is 16.1 Å². The van der Waals surface area contributed by atoms with Crippen LogP contribution in [0.5, 0.6) is 17.2 Å². The number of nitrogens with two attached hydrogens (primary N) is 1. The Morgan fingerprint density at radius 2 is 1.94 bits per heavy atom. The maximum atomic E-state index is 13.1. The Morgan fingerprint density at radius 1 is 1.17 bits per heavy atom. The van der Waals surface area contributed by atoms with Gasteiger partial charge in [-0.3, -0.25) is 14.4 Å². The molecule has 0 radical (unpaired) electrons. The van der Waals surface area contributed by atoms with Gasteiger partial charge in [0.15, 0.2) is 18.1 Å². The molecule has 4 bridgehead atoms. The summed E-state index contributed by atoms with van der Waals surface area (Å²) in [5, 5.41) is 5.80. The van der Waals surface area contributed by atoms with Crippen molar-refractivity contribution in [2.24, 2.45) is 5.73 Å². The van der Waals surface area contributed by atoms with Crippen molar-refractivity contribution >= 4 is 30.1 Å². The van der Waals surface area contributed by atoms with E-state index < -0.39 is 12.1 Å². The van der Waals surface area contributed by atoms with E-state index in [-0.39, 0.29) is 42.5 Å². The minimum absolute atomic E-state index is 0. The van der Waals surface area contributed by atoms with Crippen LogP contribution in [0.25, 0.3) is 0 Å². The molecule has 0 unspecified atom stereocenters. The number of hydrogen-bond acceptors (Lipinski definition) is 7. The van der Waals surface area contributed by atoms with Crippen molar-refractivity contribution in [3.63, 3.8) is 0 Å². The number of carbonyl (C=O) groups is 3. The van der Waals surface area contributed by atoms with Gasteiger partial charge in [-0.25, -0.2) is 0 Å². The number of carbonyl (C=O) groups excluding carboxylic acids is 3. The molecule has 3 aliphatic heterocycles. The molecular formula is C25H31ClN4O6. The van der Waals surface area contributed by atoms with Gasteiger partial charge in [-0.1, -0.05) is 12.1 Å². The molecule has 2 aromatic carbocycles. The van der Waals surface area contributed by atoms with Crippen LogP contribution in [0.4, 0.5) is 0 Å². The third-order valence-electron chi connectivity index (χ3n) is 6.02. The van der Waals surface area contributed by atoms with E-state index in [1.54, 1.807) is 17.0 Å². The van der Waals surface area contributed by atoms with Crippen molar-refractivity contribution in [2.45, 2.75) is 31.5 Å². The van der Waals surface area contributed by atoms with Gasteiger partial charge < -0.3 is 35.5 Å². The van der Waals surface area contributed by atoms with Crippen LogP contribution in [0.2, 0.25) is 0 Å². The molecule has 3 heterocycles. The number of methoxy groups -OCH3 is 1. The third kappa shape index (κ3) is 6.58. The first-order valence-electron chi connectivity index (χ1n) is 11.6. The zero-order valence-electron chi connectivity index (χ0n) is 20.0. The number of amides is 3. The van der Waals surface area contributed by atoms with Gasteiger partial charge in [0.05, 0.1) is 19.7 Å². The molecule has 2 atom stereocenters. The second-order valence-electron chi connectivity index (χ2n) is 8.50. The fourth-order valence-electron chi connectivity index (χ4n) is 4.09. The molecule has 0 aliphatic carbocycles. The Morgan fingerprint density at radius 3 is 2.67 bits per heavy atom. The van der Waals surface area contributed by atoms with Crippen LogP contribution in [0.3, 0.4) is 0 Å². The van der Waals surface area contributed by atoms with E-state index in [9.17, 15) is 14.4 Å². The number of nitrogens with one attached hydrogen (secondary N) is 2. The Balaban J connectivity index is 0.00000361. The van der Waals surface area contributed by atoms with Crippen molar-refractivity contribution in [1.82, 2.24) is 15.5 Å². The number of rotatable bonds is 4. The predicted molar refractivity (Wildman–Crippen MR) is 135 cm³/mol. The largest absolute Gasteiger partial charge is 0.493 e. The maximum Gasteiger partial charge on any atom is 0.258 e. The van der Waals surface area contributed by atoms with Gasteiger partial charge in [0, 0.05) is 25.1 Å². The van der Waals surface area contributed by atoms with Gasteiger partial charge in [-0.2, -0.15) is 0 Å². The highest BCUT2D eigenvalue weighted by Crippen LogP contribution is 2.28. The van der Waals surface area contributed by atoms with Crippen LogP contribution in [-0.4, -0.2) is 68.1 Å². The van der Waals surface area contributed by atoms with E-state index in [1.165, 1.54) is 13.2 Å². The monoisotopic (exact) mass is 518 g/mol. The van der Waals surface area contributed by atoms with Crippen molar-refractivity contribution in [2.75, 3.05) is 33.4 Å². The average Bonchev–Trinajstić information content (AvgIpc) is 3.26. The van der Waals surface area contributed by atoms with E-state index in [0.717, 1.165) is 5.56 Å². The second-order valence-corrected chi connectivity index (χ2v) is 8.50. The maximum absolute atomic E-state index is 13.1. The molecule has 0 aromatic heterocycles. The molecule has 0 spiro atoms. The van der Waals surface area contributed by atoms with Crippen molar-refractivity contribution < 1.29 is 28.6 Å². The Hall–Kier alpha value is -3.50. The van der Waals surface area contributed by atoms with Crippen molar-refractivity contribution in [1.29, 1.82) is 0 Å². The first-order chi connectivity index (χ1) is 17.0. The molecule has 5 rings (SSSR count). The number of ether oxygens (including phenoxy) is 3. The Kier molecular flexibility index (Phi) is 9.38. The summed E-state index contributed by atoms with van der Waals surface area (Å²) in [5.41, 5.74) is 6.79. The topological polar surface area (TPSA) is 132 Å². The van der Waals surface area contributed by atoms with E-state index in [4.69, 9.17) is 19.9 Å². The number of hydrogen-bond donors (Lipinski definition) is 3. The summed E-state index contributed by atoms with van der Waals surface area (Å²) in [5.74, 6) is 0.619. The van der Waals surface area contributed by atoms with Crippen LogP contribution in [0, 0.1) is 0 Å². The van der Waals surface area contributed by atoms with E-state index >= 15 is 0 Å². The van der Waals surface area contributed by atoms with Gasteiger partial charge in [0.25, 0.3) is 11.8 Å². The standard InChI is InChI=1S/C25H30N4O6.ClH/c1-33-20-9-6-17-11-21(20)34-15-23(30)27-12-16-4-7-18(8-5-16)35-22-14-29(24(31)3-2-10-26)13-19(22)28-25(17)32;/h4-9,11,19,22H,2-3,10,12-15,26H2,1H3,(H,27,30)(H,28,32);1H/t19-,22-;/m0./s1. The van der Waals surface area contributed by atoms with Gasteiger partial charge >= 0.3 is 0 Å². The lowest BCUT2D eigenvalue weighted by atomic mass is 10.1. The lowest BCUT2D eigenvalue weighted by Crippen LogP contribution is -2.45. The summed E-state index contributed by atoms with van der Waals surface area (Å²) in [4.78, 5) is 39.7. The SMILES string of the molecule is COc1ccc2cc1OCC(=O)NCc1ccc(cc1)O[C@H]1CN(C(=O)CCCN)C[C@@H]1NC2=O.Cl. The molecule has 10 nitrogen and oxygen atoms in total. The smallest absolute Gasteiger partial charge is 0.258 e. The molecule has 3 amide bonds. The fraction of sp³-hybridized carbons (Fsp3) is 0.400. The van der Waals surface area contributed by atoms with Crippen LogP contribution >= 0.6 is 12.4 Å². The molecule has 1 fully saturated rings. The van der Waals surface area contributed by atoms with Crippen LogP contribution in [0.15, 0.2) is 42.5 Å². The second kappa shape index (κ2) is 12.5. The fourth-order valence-corrected chi connectivity index (χ4v) is 4.09. The van der Waals surface area contributed by atoms with Gasteiger partial charge in [-0.15, -0.1) is 12.4 Å². The summed E-state index contributed by atoms with van der Waals surface area (Å²) in [6, 6.07) is 11.7. The number of nitrogens with zero attached hydrogens (tertiary/aromatic N) is 1. The average molecular weight is 519 g/mol. The lowest BCUT2D eigenvalue weighted by Gasteiger charge is -2.21. The first-order valence-corrected chi connectivity index (χ1v) is 11.6. The van der Waals surface area contributed by atoms with Crippen molar-refractivity contribution in [3.05, 3.63) is 53.6 Å². The highest BCUT2D eigenvalue weighted by atomic mass is 35.5. The summed E-state index contributed by atoms with van der Waals surface area (Å²) in [7, 11) is 1.48. The quantitative estimate of drug-likeness (QED) is 0.555. The molecule has 3 aliphatic rings. The van der Waals surface area contributed by atoms with Crippen LogP contribution in [0.1, 0.15) is 28.8 Å². The Bertz CT molecular complexity index is 1080. The molecule has 194 valence electrons. The van der Waals surface area contributed by atoms with Crippen molar-refractivity contribution in [3.8, 4) is 17.2 Å². The predicted octanol–water partition coefficient (Wildman–Crippen LogP) is 1.25. The Labute approximate surface area is 215 Å². The number of benzene rings is 2. The highest BCUT2D eigenvalue weighted by Gasteiger charge is 2.38. The molecular weight excluding hydrogens is 488 g/mol. The lowest BCUT2D eigenvalue weighted by molar-refractivity contribution is -0.130. The highest BCUT2D eigenvalue weighted by molar-refractivity contribution is 5.95. The molecule has 36 heavy (non-hydrogen) atoms. The number of fused-ring (bicyclic) bond motifs is 7. The normalized spacial score (nSPS) is 19.6. The number of likely N-dealkylation sites (tertiary alicyclic amines) is 1. The van der Waals surface area contributed by atoms with Gasteiger partial charge in [0.1, 0.15) is 11.9 Å². The van der Waals surface area contributed by atoms with E-state index in [2.05, 4.69) is 10.6 Å². The molecule has 4 N–H and O–H groups in total. The minimum atomic E-state index is -0.434. The third-order valence-corrected chi connectivity index (χ3v) is 6.02. The molecule has 11 heteroatoms. The van der Waals surface area contributed by atoms with E-state index in [0.29, 0.717) is 56.1 Å². The summed E-state index contributed by atoms with van der Waals surface area (Å²) >= 11 is 0. The molecule has 1 saturated heterocycles. The minimum Gasteiger partial charge on any atom is -0.493 e.